The predicted molar refractivity (Wildman–Crippen MR) is 65.3 cm³/mol. The third kappa shape index (κ3) is 2.32. The van der Waals surface area contributed by atoms with E-state index in [1.165, 1.54) is 24.1 Å². The number of nitrogens with zero attached hydrogens (tertiary/aromatic N) is 2. The number of hydrogen-bond donors (Lipinski definition) is 2. The fraction of sp³-hybridized carbons (Fsp3) is 0.667. The summed E-state index contributed by atoms with van der Waals surface area (Å²) in [6.07, 6.45) is 5.39. The molecule has 1 heterocycles. The number of likely N-dealkylation sites (N-methyl/N-ethyl adjacent to an activating group) is 1. The highest BCUT2D eigenvalue weighted by Gasteiger charge is 2.16. The van der Waals surface area contributed by atoms with E-state index in [-0.39, 0.29) is 0 Å². The van der Waals surface area contributed by atoms with E-state index in [0.717, 1.165) is 25.1 Å². The monoisotopic (exact) mass is 220 g/mol. The van der Waals surface area contributed by atoms with Crippen molar-refractivity contribution < 1.29 is 0 Å². The number of rotatable bonds is 3. The standard InChI is InChI=1S/C12H20N4/c1-8(14-2)7-11-15-10-6-4-3-5-9(10)12(13)16-11/h8,14H,3-7H2,1-2H3,(H2,13,15,16). The fourth-order valence-corrected chi connectivity index (χ4v) is 2.14. The van der Waals surface area contributed by atoms with Crippen LogP contribution in [-0.4, -0.2) is 23.1 Å². The Labute approximate surface area is 96.7 Å². The Kier molecular flexibility index (Phi) is 3.39. The number of nitrogens with two attached hydrogens (primary N) is 1. The Morgan fingerprint density at radius 1 is 1.31 bits per heavy atom. The topological polar surface area (TPSA) is 63.8 Å². The van der Waals surface area contributed by atoms with E-state index in [1.54, 1.807) is 0 Å². The second-order valence-corrected chi connectivity index (χ2v) is 4.55. The number of aryl methyl sites for hydroxylation is 1. The predicted octanol–water partition coefficient (Wildman–Crippen LogP) is 1.09. The summed E-state index contributed by atoms with van der Waals surface area (Å²) in [5, 5.41) is 3.19. The van der Waals surface area contributed by atoms with Gasteiger partial charge in [-0.1, -0.05) is 0 Å². The van der Waals surface area contributed by atoms with Crippen molar-refractivity contribution in [3.8, 4) is 0 Å². The number of fused-ring (bicyclic) bond motifs is 1. The molecule has 1 unspecified atom stereocenters. The molecule has 0 saturated carbocycles. The summed E-state index contributed by atoms with van der Waals surface area (Å²) >= 11 is 0. The zero-order chi connectivity index (χ0) is 11.5. The second-order valence-electron chi connectivity index (χ2n) is 4.55. The lowest BCUT2D eigenvalue weighted by atomic mass is 9.96. The lowest BCUT2D eigenvalue weighted by molar-refractivity contribution is 0.582. The summed E-state index contributed by atoms with van der Waals surface area (Å²) in [7, 11) is 1.95. The molecule has 88 valence electrons. The summed E-state index contributed by atoms with van der Waals surface area (Å²) in [4.78, 5) is 9.03. The first-order valence-electron chi connectivity index (χ1n) is 6.02. The molecule has 3 N–H and O–H groups in total. The first-order valence-corrected chi connectivity index (χ1v) is 6.02. The van der Waals surface area contributed by atoms with Gasteiger partial charge in [-0.25, -0.2) is 9.97 Å². The normalized spacial score (nSPS) is 16.9. The molecular formula is C12H20N4. The smallest absolute Gasteiger partial charge is 0.132 e. The van der Waals surface area contributed by atoms with E-state index >= 15 is 0 Å². The maximum absolute atomic E-state index is 5.99. The summed E-state index contributed by atoms with van der Waals surface area (Å²) in [6.45, 7) is 2.12. The van der Waals surface area contributed by atoms with Crippen LogP contribution in [-0.2, 0) is 19.3 Å². The molecule has 4 nitrogen and oxygen atoms in total. The Morgan fingerprint density at radius 2 is 2.06 bits per heavy atom. The van der Waals surface area contributed by atoms with Crippen LogP contribution < -0.4 is 11.1 Å². The molecule has 0 aromatic carbocycles. The van der Waals surface area contributed by atoms with Gasteiger partial charge < -0.3 is 11.1 Å². The van der Waals surface area contributed by atoms with Crippen LogP contribution in [0.4, 0.5) is 5.82 Å². The molecule has 0 saturated heterocycles. The number of anilines is 1. The van der Waals surface area contributed by atoms with Crippen molar-refractivity contribution in [2.24, 2.45) is 0 Å². The molecule has 4 heteroatoms. The molecule has 0 spiro atoms. The number of hydrogen-bond acceptors (Lipinski definition) is 4. The zero-order valence-electron chi connectivity index (χ0n) is 10.1. The molecule has 0 fully saturated rings. The van der Waals surface area contributed by atoms with Crippen LogP contribution in [0.1, 0.15) is 36.8 Å². The third-order valence-electron chi connectivity index (χ3n) is 3.24. The minimum atomic E-state index is 0.390. The lowest BCUT2D eigenvalue weighted by Gasteiger charge is -2.18. The maximum Gasteiger partial charge on any atom is 0.132 e. The van der Waals surface area contributed by atoms with Crippen LogP contribution in [0.5, 0.6) is 0 Å². The quantitative estimate of drug-likeness (QED) is 0.800. The van der Waals surface area contributed by atoms with Crippen molar-refractivity contribution in [1.82, 2.24) is 15.3 Å². The molecule has 0 amide bonds. The van der Waals surface area contributed by atoms with Crippen LogP contribution >= 0.6 is 0 Å². The molecule has 1 atom stereocenters. The Morgan fingerprint density at radius 3 is 2.81 bits per heavy atom. The van der Waals surface area contributed by atoms with Gasteiger partial charge in [-0.3, -0.25) is 0 Å². The summed E-state index contributed by atoms with van der Waals surface area (Å²) in [5.74, 6) is 1.57. The van der Waals surface area contributed by atoms with E-state index in [2.05, 4.69) is 22.2 Å². The molecule has 0 bridgehead atoms. The number of nitrogen functional groups attached to an aromatic ring is 1. The van der Waals surface area contributed by atoms with Crippen molar-refractivity contribution >= 4 is 5.82 Å². The second kappa shape index (κ2) is 4.78. The van der Waals surface area contributed by atoms with Crippen LogP contribution in [0.2, 0.25) is 0 Å². The van der Waals surface area contributed by atoms with Gasteiger partial charge in [-0.05, 0) is 39.7 Å². The van der Waals surface area contributed by atoms with Crippen LogP contribution in [0.15, 0.2) is 0 Å². The minimum Gasteiger partial charge on any atom is -0.383 e. The van der Waals surface area contributed by atoms with Gasteiger partial charge in [0.05, 0.1) is 0 Å². The molecule has 1 aromatic rings. The number of nitrogens with one attached hydrogen (secondary N) is 1. The largest absolute Gasteiger partial charge is 0.383 e. The zero-order valence-corrected chi connectivity index (χ0v) is 10.1. The van der Waals surface area contributed by atoms with Crippen molar-refractivity contribution in [2.45, 2.75) is 45.1 Å². The molecule has 1 aliphatic carbocycles. The van der Waals surface area contributed by atoms with E-state index < -0.39 is 0 Å². The highest BCUT2D eigenvalue weighted by atomic mass is 15.0. The van der Waals surface area contributed by atoms with Gasteiger partial charge in [-0.2, -0.15) is 0 Å². The molecule has 1 aliphatic rings. The average Bonchev–Trinajstić information content (AvgIpc) is 2.29. The molecule has 0 aliphatic heterocycles. The van der Waals surface area contributed by atoms with Gasteiger partial charge in [0.25, 0.3) is 0 Å². The van der Waals surface area contributed by atoms with Gasteiger partial charge in [-0.15, -0.1) is 0 Å². The molecule has 1 aromatic heterocycles. The first-order chi connectivity index (χ1) is 7.70. The van der Waals surface area contributed by atoms with Crippen LogP contribution in [0.25, 0.3) is 0 Å². The van der Waals surface area contributed by atoms with Crippen molar-refractivity contribution in [2.75, 3.05) is 12.8 Å². The van der Waals surface area contributed by atoms with Crippen LogP contribution in [0, 0.1) is 0 Å². The summed E-state index contributed by atoms with van der Waals surface area (Å²) in [6, 6.07) is 0.390. The average molecular weight is 220 g/mol. The molecule has 16 heavy (non-hydrogen) atoms. The van der Waals surface area contributed by atoms with Gasteiger partial charge in [0.2, 0.25) is 0 Å². The maximum atomic E-state index is 5.99. The van der Waals surface area contributed by atoms with Crippen molar-refractivity contribution in [3.05, 3.63) is 17.1 Å². The van der Waals surface area contributed by atoms with E-state index in [4.69, 9.17) is 5.73 Å². The van der Waals surface area contributed by atoms with E-state index in [0.29, 0.717) is 11.9 Å². The minimum absolute atomic E-state index is 0.390. The van der Waals surface area contributed by atoms with E-state index in [9.17, 15) is 0 Å². The highest BCUT2D eigenvalue weighted by Crippen LogP contribution is 2.23. The van der Waals surface area contributed by atoms with Gasteiger partial charge >= 0.3 is 0 Å². The molecule has 0 radical (unpaired) electrons. The first kappa shape index (κ1) is 11.3. The Balaban J connectivity index is 2.24. The van der Waals surface area contributed by atoms with Crippen molar-refractivity contribution in [3.63, 3.8) is 0 Å². The Hall–Kier alpha value is -1.16. The fourth-order valence-electron chi connectivity index (χ4n) is 2.14. The van der Waals surface area contributed by atoms with Crippen LogP contribution in [0.3, 0.4) is 0 Å². The highest BCUT2D eigenvalue weighted by molar-refractivity contribution is 5.43. The molecular weight excluding hydrogens is 200 g/mol. The summed E-state index contributed by atoms with van der Waals surface area (Å²) in [5.41, 5.74) is 8.35. The molecule has 2 rings (SSSR count). The Bertz CT molecular complexity index is 376. The van der Waals surface area contributed by atoms with Gasteiger partial charge in [0.15, 0.2) is 0 Å². The summed E-state index contributed by atoms with van der Waals surface area (Å²) < 4.78 is 0. The lowest BCUT2D eigenvalue weighted by Crippen LogP contribution is -2.25. The van der Waals surface area contributed by atoms with Crippen molar-refractivity contribution in [1.29, 1.82) is 0 Å². The van der Waals surface area contributed by atoms with Gasteiger partial charge in [0, 0.05) is 23.7 Å². The van der Waals surface area contributed by atoms with Gasteiger partial charge in [0.1, 0.15) is 11.6 Å². The van der Waals surface area contributed by atoms with E-state index in [1.807, 2.05) is 7.05 Å². The number of aromatic nitrogens is 2. The SMILES string of the molecule is CNC(C)Cc1nc(N)c2c(n1)CCCC2. The third-order valence-corrected chi connectivity index (χ3v) is 3.24.